The summed E-state index contributed by atoms with van der Waals surface area (Å²) in [7, 11) is 0. The summed E-state index contributed by atoms with van der Waals surface area (Å²) < 4.78 is 1.52. The van der Waals surface area contributed by atoms with E-state index in [4.69, 9.17) is 0 Å². The average Bonchev–Trinajstić information content (AvgIpc) is 2.32. The normalized spacial score (nSPS) is 11.2. The molecule has 0 spiro atoms. The first-order valence-electron chi connectivity index (χ1n) is 3.94. The fourth-order valence-electron chi connectivity index (χ4n) is 0.855. The highest BCUT2D eigenvalue weighted by Gasteiger charge is 2.13. The van der Waals surface area contributed by atoms with Gasteiger partial charge in [-0.2, -0.15) is 0 Å². The van der Waals surface area contributed by atoms with Gasteiger partial charge >= 0.3 is 6.03 Å². The fourth-order valence-corrected chi connectivity index (χ4v) is 0.855. The SMILES string of the molecule is CC(C)(C)NC(=O)n1cccc1. The molecule has 1 heterocycles. The largest absolute Gasteiger partial charge is 0.333 e. The van der Waals surface area contributed by atoms with Crippen LogP contribution in [0.4, 0.5) is 4.79 Å². The second-order valence-electron chi connectivity index (χ2n) is 3.77. The second-order valence-corrected chi connectivity index (χ2v) is 3.77. The third-order valence-electron chi connectivity index (χ3n) is 1.32. The molecule has 3 nitrogen and oxygen atoms in total. The van der Waals surface area contributed by atoms with Gasteiger partial charge in [-0.3, -0.25) is 4.57 Å². The third-order valence-corrected chi connectivity index (χ3v) is 1.32. The van der Waals surface area contributed by atoms with E-state index in [-0.39, 0.29) is 11.6 Å². The predicted octanol–water partition coefficient (Wildman–Crippen LogP) is 1.84. The number of nitrogens with one attached hydrogen (secondary N) is 1. The van der Waals surface area contributed by atoms with Gasteiger partial charge in [-0.1, -0.05) is 0 Å². The molecule has 1 amide bonds. The van der Waals surface area contributed by atoms with Crippen molar-refractivity contribution in [1.82, 2.24) is 9.88 Å². The van der Waals surface area contributed by atoms with Crippen molar-refractivity contribution >= 4 is 6.03 Å². The number of rotatable bonds is 0. The highest BCUT2D eigenvalue weighted by atomic mass is 16.2. The minimum Gasteiger partial charge on any atom is -0.333 e. The molecule has 0 radical (unpaired) electrons. The molecule has 0 saturated heterocycles. The Bertz CT molecular complexity index is 257. The van der Waals surface area contributed by atoms with Gasteiger partial charge in [0.1, 0.15) is 0 Å². The minimum atomic E-state index is -0.179. The zero-order chi connectivity index (χ0) is 9.19. The topological polar surface area (TPSA) is 34.0 Å². The van der Waals surface area contributed by atoms with Gasteiger partial charge in [0.2, 0.25) is 0 Å². The van der Waals surface area contributed by atoms with Crippen LogP contribution >= 0.6 is 0 Å². The number of carbonyl (C=O) groups is 1. The number of hydrogen-bond donors (Lipinski definition) is 1. The minimum absolute atomic E-state index is 0.0903. The first-order valence-corrected chi connectivity index (χ1v) is 3.94. The van der Waals surface area contributed by atoms with Crippen molar-refractivity contribution in [3.05, 3.63) is 24.5 Å². The van der Waals surface area contributed by atoms with E-state index in [0.717, 1.165) is 0 Å². The van der Waals surface area contributed by atoms with E-state index in [0.29, 0.717) is 0 Å². The lowest BCUT2D eigenvalue weighted by Crippen LogP contribution is -2.42. The predicted molar refractivity (Wildman–Crippen MR) is 48.1 cm³/mol. The molecule has 0 aliphatic heterocycles. The molecule has 3 heteroatoms. The third kappa shape index (κ3) is 2.42. The molecule has 1 aromatic rings. The number of nitrogens with zero attached hydrogens (tertiary/aromatic N) is 1. The maximum Gasteiger partial charge on any atom is 0.325 e. The van der Waals surface area contributed by atoms with Crippen LogP contribution in [0.5, 0.6) is 0 Å². The van der Waals surface area contributed by atoms with E-state index in [1.807, 2.05) is 32.9 Å². The monoisotopic (exact) mass is 166 g/mol. The van der Waals surface area contributed by atoms with Crippen LogP contribution in [0.2, 0.25) is 0 Å². The Morgan fingerprint density at radius 3 is 2.17 bits per heavy atom. The molecule has 0 fully saturated rings. The van der Waals surface area contributed by atoms with Crippen LogP contribution in [-0.4, -0.2) is 16.1 Å². The summed E-state index contributed by atoms with van der Waals surface area (Å²) in [4.78, 5) is 11.4. The van der Waals surface area contributed by atoms with Crippen molar-refractivity contribution in [3.63, 3.8) is 0 Å². The van der Waals surface area contributed by atoms with Crippen molar-refractivity contribution in [2.45, 2.75) is 26.3 Å². The molecule has 12 heavy (non-hydrogen) atoms. The van der Waals surface area contributed by atoms with Crippen LogP contribution in [0, 0.1) is 0 Å². The van der Waals surface area contributed by atoms with Crippen LogP contribution in [0.3, 0.4) is 0 Å². The van der Waals surface area contributed by atoms with Crippen LogP contribution in [0.15, 0.2) is 24.5 Å². The van der Waals surface area contributed by atoms with Gasteiger partial charge in [0.25, 0.3) is 0 Å². The summed E-state index contributed by atoms with van der Waals surface area (Å²) >= 11 is 0. The molecule has 0 aliphatic carbocycles. The lowest BCUT2D eigenvalue weighted by atomic mass is 10.1. The van der Waals surface area contributed by atoms with E-state index < -0.39 is 0 Å². The van der Waals surface area contributed by atoms with Crippen LogP contribution in [0.25, 0.3) is 0 Å². The Morgan fingerprint density at radius 1 is 1.25 bits per heavy atom. The molecule has 0 atom stereocenters. The Hall–Kier alpha value is -1.25. The highest BCUT2D eigenvalue weighted by molar-refractivity contribution is 5.77. The maximum absolute atomic E-state index is 11.4. The van der Waals surface area contributed by atoms with E-state index >= 15 is 0 Å². The van der Waals surface area contributed by atoms with Crippen molar-refractivity contribution in [2.24, 2.45) is 0 Å². The van der Waals surface area contributed by atoms with Gasteiger partial charge in [0.05, 0.1) is 0 Å². The summed E-state index contributed by atoms with van der Waals surface area (Å²) in [6.07, 6.45) is 3.45. The molecule has 0 aliphatic rings. The van der Waals surface area contributed by atoms with Crippen molar-refractivity contribution < 1.29 is 4.79 Å². The Morgan fingerprint density at radius 2 is 1.75 bits per heavy atom. The quantitative estimate of drug-likeness (QED) is 0.627. The molecule has 1 N–H and O–H groups in total. The van der Waals surface area contributed by atoms with Gasteiger partial charge in [-0.05, 0) is 32.9 Å². The number of hydrogen-bond acceptors (Lipinski definition) is 1. The van der Waals surface area contributed by atoms with E-state index in [9.17, 15) is 4.79 Å². The Labute approximate surface area is 72.4 Å². The van der Waals surface area contributed by atoms with Gasteiger partial charge in [-0.15, -0.1) is 0 Å². The van der Waals surface area contributed by atoms with Gasteiger partial charge in [0, 0.05) is 17.9 Å². The highest BCUT2D eigenvalue weighted by Crippen LogP contribution is 1.99. The van der Waals surface area contributed by atoms with Gasteiger partial charge < -0.3 is 5.32 Å². The standard InChI is InChI=1S/C9H14N2O/c1-9(2,3)10-8(12)11-6-4-5-7-11/h4-7H,1-3H3,(H,10,12). The molecule has 1 aromatic heterocycles. The zero-order valence-corrected chi connectivity index (χ0v) is 7.66. The zero-order valence-electron chi connectivity index (χ0n) is 7.66. The molecular formula is C9H14N2O. The first-order chi connectivity index (χ1) is 5.49. The lowest BCUT2D eigenvalue weighted by molar-refractivity contribution is 0.233. The molecule has 1 rings (SSSR count). The van der Waals surface area contributed by atoms with Crippen molar-refractivity contribution in [2.75, 3.05) is 0 Å². The summed E-state index contributed by atoms with van der Waals surface area (Å²) in [5.74, 6) is 0. The van der Waals surface area contributed by atoms with E-state index in [1.54, 1.807) is 12.4 Å². The average molecular weight is 166 g/mol. The van der Waals surface area contributed by atoms with Crippen LogP contribution in [0.1, 0.15) is 20.8 Å². The number of aromatic nitrogens is 1. The number of amides is 1. The summed E-state index contributed by atoms with van der Waals surface area (Å²) in [5.41, 5.74) is -0.179. The first kappa shape index (κ1) is 8.84. The number of carbonyl (C=O) groups excluding carboxylic acids is 1. The maximum atomic E-state index is 11.4. The van der Waals surface area contributed by atoms with E-state index in [2.05, 4.69) is 5.32 Å². The molecule has 0 saturated carbocycles. The van der Waals surface area contributed by atoms with Crippen molar-refractivity contribution in [1.29, 1.82) is 0 Å². The lowest BCUT2D eigenvalue weighted by Gasteiger charge is -2.20. The summed E-state index contributed by atoms with van der Waals surface area (Å²) in [5, 5.41) is 2.85. The molecule has 0 aromatic carbocycles. The summed E-state index contributed by atoms with van der Waals surface area (Å²) in [6, 6.07) is 3.55. The van der Waals surface area contributed by atoms with E-state index in [1.165, 1.54) is 4.57 Å². The molecule has 66 valence electrons. The molecular weight excluding hydrogens is 152 g/mol. The fraction of sp³-hybridized carbons (Fsp3) is 0.444. The Kier molecular flexibility index (Phi) is 2.22. The van der Waals surface area contributed by atoms with Gasteiger partial charge in [0.15, 0.2) is 0 Å². The van der Waals surface area contributed by atoms with Crippen molar-refractivity contribution in [3.8, 4) is 0 Å². The molecule has 0 unspecified atom stereocenters. The smallest absolute Gasteiger partial charge is 0.325 e. The van der Waals surface area contributed by atoms with Gasteiger partial charge in [-0.25, -0.2) is 4.79 Å². The second kappa shape index (κ2) is 3.01. The summed E-state index contributed by atoms with van der Waals surface area (Å²) in [6.45, 7) is 5.86. The Balaban J connectivity index is 2.63. The van der Waals surface area contributed by atoms with Crippen LogP contribution in [-0.2, 0) is 0 Å². The van der Waals surface area contributed by atoms with Crippen LogP contribution < -0.4 is 5.32 Å². The molecule has 0 bridgehead atoms.